The van der Waals surface area contributed by atoms with Crippen molar-refractivity contribution in [1.82, 2.24) is 0 Å². The predicted molar refractivity (Wildman–Crippen MR) is 62.7 cm³/mol. The maximum absolute atomic E-state index is 8.74. The Balaban J connectivity index is 3.51. The highest BCUT2D eigenvalue weighted by Gasteiger charge is 2.21. The molecule has 0 atom stereocenters. The van der Waals surface area contributed by atoms with Gasteiger partial charge in [0, 0.05) is 4.47 Å². The predicted octanol–water partition coefficient (Wildman–Crippen LogP) is 5.02. The van der Waals surface area contributed by atoms with Crippen LogP contribution in [0.5, 0.6) is 0 Å². The summed E-state index contributed by atoms with van der Waals surface area (Å²) in [4.78, 5) is 3.18. The van der Waals surface area contributed by atoms with Gasteiger partial charge in [0.05, 0.1) is 16.7 Å². The molecule has 0 bridgehead atoms. The van der Waals surface area contributed by atoms with Crippen molar-refractivity contribution in [3.05, 3.63) is 31.7 Å². The fourth-order valence-electron chi connectivity index (χ4n) is 1.36. The molecular formula is C10H11BrClN2+. The summed E-state index contributed by atoms with van der Waals surface area (Å²) < 4.78 is 0.924. The second kappa shape index (κ2) is 4.29. The van der Waals surface area contributed by atoms with Crippen LogP contribution in [0.2, 0.25) is 5.02 Å². The van der Waals surface area contributed by atoms with E-state index in [1.807, 2.05) is 6.92 Å². The largest absolute Gasteiger partial charge is 0.390 e. The highest BCUT2D eigenvalue weighted by Crippen LogP contribution is 2.38. The second-order valence-corrected chi connectivity index (χ2v) is 4.69. The van der Waals surface area contributed by atoms with Gasteiger partial charge in [-0.3, -0.25) is 0 Å². The van der Waals surface area contributed by atoms with E-state index < -0.39 is 0 Å². The van der Waals surface area contributed by atoms with E-state index in [0.29, 0.717) is 16.6 Å². The fourth-order valence-corrected chi connectivity index (χ4v) is 2.76. The van der Waals surface area contributed by atoms with E-state index >= 15 is 0 Å². The molecule has 0 unspecified atom stereocenters. The topological polar surface area (TPSA) is 28.1 Å². The molecule has 0 N–H and O–H groups in total. The Labute approximate surface area is 97.0 Å². The van der Waals surface area contributed by atoms with Crippen molar-refractivity contribution < 1.29 is 0 Å². The van der Waals surface area contributed by atoms with Gasteiger partial charge in [0.1, 0.15) is 0 Å². The highest BCUT2D eigenvalue weighted by atomic mass is 79.9. The van der Waals surface area contributed by atoms with Crippen LogP contribution in [0.15, 0.2) is 10.5 Å². The molecule has 0 spiro atoms. The molecular weight excluding hydrogens is 263 g/mol. The summed E-state index contributed by atoms with van der Waals surface area (Å²) in [5.74, 6) is 0.336. The first-order valence-corrected chi connectivity index (χ1v) is 5.49. The lowest BCUT2D eigenvalue weighted by molar-refractivity contribution is 0.859. The molecule has 0 saturated heterocycles. The Morgan fingerprint density at radius 2 is 2.07 bits per heavy atom. The van der Waals surface area contributed by atoms with E-state index in [9.17, 15) is 0 Å². The summed E-state index contributed by atoms with van der Waals surface area (Å²) in [5, 5.41) is 9.37. The van der Waals surface area contributed by atoms with Gasteiger partial charge in [0.15, 0.2) is 4.98 Å². The van der Waals surface area contributed by atoms with Crippen LogP contribution in [-0.2, 0) is 0 Å². The number of hydrogen-bond acceptors (Lipinski definition) is 1. The van der Waals surface area contributed by atoms with Gasteiger partial charge in [-0.1, -0.05) is 25.4 Å². The van der Waals surface area contributed by atoms with Crippen LogP contribution < -0.4 is 0 Å². The van der Waals surface area contributed by atoms with Gasteiger partial charge in [0.25, 0.3) is 0 Å². The number of benzene rings is 1. The van der Waals surface area contributed by atoms with Crippen molar-refractivity contribution in [3.63, 3.8) is 0 Å². The Morgan fingerprint density at radius 3 is 2.50 bits per heavy atom. The zero-order valence-electron chi connectivity index (χ0n) is 8.31. The normalized spacial score (nSPS) is 10.4. The summed E-state index contributed by atoms with van der Waals surface area (Å²) >= 11 is 9.55. The molecule has 0 radical (unpaired) electrons. The van der Waals surface area contributed by atoms with Crippen LogP contribution >= 0.6 is 27.5 Å². The number of rotatable bonds is 1. The van der Waals surface area contributed by atoms with E-state index in [4.69, 9.17) is 17.0 Å². The van der Waals surface area contributed by atoms with Crippen molar-refractivity contribution in [1.29, 1.82) is 5.39 Å². The van der Waals surface area contributed by atoms with Gasteiger partial charge in [-0.15, -0.1) is 0 Å². The molecule has 74 valence electrons. The molecule has 14 heavy (non-hydrogen) atoms. The fraction of sp³-hybridized carbons (Fsp3) is 0.400. The minimum absolute atomic E-state index is 0.336. The number of nitrogens with zero attached hydrogens (tertiary/aromatic N) is 2. The summed E-state index contributed by atoms with van der Waals surface area (Å²) in [6, 6.07) is 1.68. The van der Waals surface area contributed by atoms with Gasteiger partial charge >= 0.3 is 5.69 Å². The first-order chi connectivity index (χ1) is 6.49. The first kappa shape index (κ1) is 11.5. The third-order valence-electron chi connectivity index (χ3n) is 2.16. The van der Waals surface area contributed by atoms with Crippen molar-refractivity contribution in [3.8, 4) is 0 Å². The third kappa shape index (κ3) is 1.92. The first-order valence-electron chi connectivity index (χ1n) is 4.32. The molecule has 1 aromatic rings. The molecule has 1 rings (SSSR count). The third-order valence-corrected chi connectivity index (χ3v) is 3.49. The minimum atomic E-state index is 0.336. The molecule has 0 aromatic heterocycles. The average Bonchev–Trinajstić information content (AvgIpc) is 2.10. The molecule has 0 aliphatic carbocycles. The maximum Gasteiger partial charge on any atom is 0.390 e. The van der Waals surface area contributed by atoms with Crippen LogP contribution in [-0.4, -0.2) is 0 Å². The SMILES string of the molecule is Cc1c([N+]#N)cc(Cl)c(C(C)C)c1Br. The zero-order chi connectivity index (χ0) is 10.9. The number of diazo groups is 1. The maximum atomic E-state index is 8.74. The monoisotopic (exact) mass is 273 g/mol. The average molecular weight is 275 g/mol. The van der Waals surface area contributed by atoms with E-state index in [1.54, 1.807) is 6.07 Å². The van der Waals surface area contributed by atoms with Crippen molar-refractivity contribution >= 4 is 33.2 Å². The smallest absolute Gasteiger partial charge is 0.0837 e. The molecule has 0 fully saturated rings. The van der Waals surface area contributed by atoms with Crippen molar-refractivity contribution in [2.45, 2.75) is 26.7 Å². The highest BCUT2D eigenvalue weighted by molar-refractivity contribution is 9.10. The van der Waals surface area contributed by atoms with Gasteiger partial charge in [-0.2, -0.15) is 0 Å². The lowest BCUT2D eigenvalue weighted by atomic mass is 10.00. The van der Waals surface area contributed by atoms with Crippen LogP contribution in [0, 0.1) is 12.3 Å². The van der Waals surface area contributed by atoms with Gasteiger partial charge in [-0.05, 0) is 34.3 Å². The zero-order valence-corrected chi connectivity index (χ0v) is 10.6. The van der Waals surface area contributed by atoms with Crippen LogP contribution in [0.25, 0.3) is 4.98 Å². The molecule has 0 saturated carbocycles. The number of halogens is 2. The van der Waals surface area contributed by atoms with E-state index in [2.05, 4.69) is 34.8 Å². The Kier molecular flexibility index (Phi) is 3.52. The molecule has 0 aliphatic heterocycles. The Bertz CT molecular complexity index is 408. The van der Waals surface area contributed by atoms with Crippen molar-refractivity contribution in [2.75, 3.05) is 0 Å². The Hall–Kier alpha value is -0.590. The molecule has 0 amide bonds. The van der Waals surface area contributed by atoms with Gasteiger partial charge in [0.2, 0.25) is 5.39 Å². The summed E-state index contributed by atoms with van der Waals surface area (Å²) in [5.41, 5.74) is 2.46. The van der Waals surface area contributed by atoms with E-state index in [0.717, 1.165) is 15.6 Å². The van der Waals surface area contributed by atoms with E-state index in [-0.39, 0.29) is 0 Å². The van der Waals surface area contributed by atoms with E-state index in [1.165, 1.54) is 0 Å². The summed E-state index contributed by atoms with van der Waals surface area (Å²) in [7, 11) is 0. The van der Waals surface area contributed by atoms with Crippen LogP contribution in [0.3, 0.4) is 0 Å². The molecule has 1 aromatic carbocycles. The lowest BCUT2D eigenvalue weighted by Crippen LogP contribution is -1.93. The standard InChI is InChI=1S/C10H11BrClN2/c1-5(2)9-7(12)4-8(14-13)6(3)10(9)11/h4-5H,1-3H3/q+1. The number of hydrogen-bond donors (Lipinski definition) is 0. The molecule has 0 aliphatic rings. The molecule has 4 heteroatoms. The van der Waals surface area contributed by atoms with Crippen molar-refractivity contribution in [2.24, 2.45) is 0 Å². The minimum Gasteiger partial charge on any atom is -0.0837 e. The Morgan fingerprint density at radius 1 is 1.50 bits per heavy atom. The second-order valence-electron chi connectivity index (χ2n) is 3.48. The quantitative estimate of drug-likeness (QED) is 0.661. The lowest BCUT2D eigenvalue weighted by Gasteiger charge is -2.11. The van der Waals surface area contributed by atoms with Gasteiger partial charge < -0.3 is 0 Å². The van der Waals surface area contributed by atoms with Crippen LogP contribution in [0.4, 0.5) is 5.69 Å². The van der Waals surface area contributed by atoms with Gasteiger partial charge in [-0.25, -0.2) is 0 Å². The molecule has 2 nitrogen and oxygen atoms in total. The molecule has 0 heterocycles. The summed E-state index contributed by atoms with van der Waals surface area (Å²) in [6.45, 7) is 6.03. The summed E-state index contributed by atoms with van der Waals surface area (Å²) in [6.07, 6.45) is 0. The van der Waals surface area contributed by atoms with Crippen LogP contribution in [0.1, 0.15) is 30.9 Å².